The van der Waals surface area contributed by atoms with E-state index in [1.807, 2.05) is 38.1 Å². The monoisotopic (exact) mass is 293 g/mol. The lowest BCUT2D eigenvalue weighted by atomic mass is 10.1. The van der Waals surface area contributed by atoms with E-state index in [0.717, 1.165) is 11.1 Å². The number of aliphatic hydroxyl groups excluding tert-OH is 1. The molecular weight excluding hydrogens is 278 g/mol. The van der Waals surface area contributed by atoms with Crippen molar-refractivity contribution in [3.05, 3.63) is 75.3 Å². The lowest BCUT2D eigenvalue weighted by molar-refractivity contribution is 0.514. The number of aromatic nitrogens is 1. The molecule has 0 fully saturated rings. The Morgan fingerprint density at radius 1 is 1.09 bits per heavy atom. The largest absolute Gasteiger partial charge is 0.507 e. The molecule has 0 saturated heterocycles. The van der Waals surface area contributed by atoms with E-state index in [1.165, 1.54) is 6.08 Å². The molecule has 0 amide bonds. The van der Waals surface area contributed by atoms with E-state index >= 15 is 0 Å². The van der Waals surface area contributed by atoms with Crippen molar-refractivity contribution in [2.24, 2.45) is 0 Å². The fourth-order valence-electron chi connectivity index (χ4n) is 2.16. The van der Waals surface area contributed by atoms with Crippen LogP contribution in [0.2, 0.25) is 0 Å². The zero-order chi connectivity index (χ0) is 15.7. The van der Waals surface area contributed by atoms with E-state index in [9.17, 15) is 9.90 Å². The summed E-state index contributed by atoms with van der Waals surface area (Å²) >= 11 is 0. The highest BCUT2D eigenvalue weighted by atomic mass is 16.4. The fraction of sp³-hybridized carbons (Fsp3) is 0.111. The third-order valence-electron chi connectivity index (χ3n) is 3.39. The van der Waals surface area contributed by atoms with Crippen molar-refractivity contribution in [3.63, 3.8) is 0 Å². The van der Waals surface area contributed by atoms with Crippen LogP contribution in [0.4, 0.5) is 0 Å². The number of hydrogen-bond acceptors (Lipinski definition) is 4. The maximum absolute atomic E-state index is 12.0. The quantitative estimate of drug-likeness (QED) is 0.729. The van der Waals surface area contributed by atoms with E-state index in [2.05, 4.69) is 4.98 Å². The van der Waals surface area contributed by atoms with Gasteiger partial charge in [-0.3, -0.25) is 0 Å². The third kappa shape index (κ3) is 2.76. The van der Waals surface area contributed by atoms with Crippen molar-refractivity contribution < 1.29 is 9.52 Å². The van der Waals surface area contributed by atoms with Crippen LogP contribution in [0.3, 0.4) is 0 Å². The summed E-state index contributed by atoms with van der Waals surface area (Å²) in [6.45, 7) is 3.90. The molecule has 1 N–H and O–H groups in total. The third-order valence-corrected chi connectivity index (χ3v) is 3.39. The van der Waals surface area contributed by atoms with Crippen LogP contribution in [0.1, 0.15) is 22.4 Å². The average Bonchev–Trinajstić information content (AvgIpc) is 2.49. The van der Waals surface area contributed by atoms with Crippen molar-refractivity contribution >= 4 is 22.9 Å². The van der Waals surface area contributed by atoms with Gasteiger partial charge in [-0.25, -0.2) is 9.78 Å². The van der Waals surface area contributed by atoms with Crippen LogP contribution in [0, 0.1) is 13.8 Å². The van der Waals surface area contributed by atoms with Crippen molar-refractivity contribution in [2.45, 2.75) is 13.8 Å². The normalized spacial score (nSPS) is 11.8. The van der Waals surface area contributed by atoms with Gasteiger partial charge in [-0.05, 0) is 31.5 Å². The summed E-state index contributed by atoms with van der Waals surface area (Å²) in [7, 11) is 0. The molecule has 0 unspecified atom stereocenters. The molecule has 0 spiro atoms. The molecule has 0 aliphatic rings. The van der Waals surface area contributed by atoms with Gasteiger partial charge in [0.1, 0.15) is 11.3 Å². The van der Waals surface area contributed by atoms with Gasteiger partial charge in [-0.1, -0.05) is 35.9 Å². The zero-order valence-electron chi connectivity index (χ0n) is 12.3. The molecule has 3 aromatic rings. The summed E-state index contributed by atoms with van der Waals surface area (Å²) < 4.78 is 5.23. The number of rotatable bonds is 2. The summed E-state index contributed by atoms with van der Waals surface area (Å²) in [6.07, 6.45) is 1.33. The minimum absolute atomic E-state index is 0.0215. The second-order valence-electron chi connectivity index (χ2n) is 5.25. The highest BCUT2D eigenvalue weighted by Gasteiger charge is 2.07. The van der Waals surface area contributed by atoms with Gasteiger partial charge in [-0.2, -0.15) is 0 Å². The van der Waals surface area contributed by atoms with E-state index < -0.39 is 5.63 Å². The molecule has 0 atom stereocenters. The Labute approximate surface area is 127 Å². The predicted molar refractivity (Wildman–Crippen MR) is 86.7 cm³/mol. The van der Waals surface area contributed by atoms with Crippen molar-refractivity contribution in [1.29, 1.82) is 0 Å². The van der Waals surface area contributed by atoms with Crippen LogP contribution in [0.5, 0.6) is 0 Å². The van der Waals surface area contributed by atoms with Gasteiger partial charge in [-0.15, -0.1) is 0 Å². The van der Waals surface area contributed by atoms with Crippen LogP contribution < -0.4 is 5.63 Å². The molecule has 0 bridgehead atoms. The van der Waals surface area contributed by atoms with Crippen molar-refractivity contribution in [3.8, 4) is 0 Å². The van der Waals surface area contributed by atoms with Gasteiger partial charge in [0.15, 0.2) is 11.3 Å². The van der Waals surface area contributed by atoms with E-state index in [4.69, 9.17) is 4.42 Å². The van der Waals surface area contributed by atoms with Gasteiger partial charge in [0, 0.05) is 11.6 Å². The molecule has 1 aromatic heterocycles. The van der Waals surface area contributed by atoms with Gasteiger partial charge < -0.3 is 9.52 Å². The molecule has 110 valence electrons. The lowest BCUT2D eigenvalue weighted by Crippen LogP contribution is -2.06. The molecule has 0 radical (unpaired) electrons. The van der Waals surface area contributed by atoms with Gasteiger partial charge in [0.2, 0.25) is 0 Å². The Morgan fingerprint density at radius 3 is 2.50 bits per heavy atom. The maximum atomic E-state index is 12.0. The first-order valence-electron chi connectivity index (χ1n) is 6.92. The molecule has 0 aliphatic heterocycles. The Kier molecular flexibility index (Phi) is 3.51. The number of benzene rings is 2. The number of fused-ring (bicyclic) bond motifs is 1. The SMILES string of the molecule is Cc1ccc(/C(O)=C/c2nc3cc(C)ccc3oc2=O)cc1. The number of aliphatic hydroxyl groups is 1. The molecule has 22 heavy (non-hydrogen) atoms. The summed E-state index contributed by atoms with van der Waals surface area (Å²) in [4.78, 5) is 16.2. The van der Waals surface area contributed by atoms with Crippen LogP contribution in [-0.4, -0.2) is 10.1 Å². The second kappa shape index (κ2) is 5.48. The number of nitrogens with zero attached hydrogens (tertiary/aromatic N) is 1. The second-order valence-corrected chi connectivity index (χ2v) is 5.25. The zero-order valence-corrected chi connectivity index (χ0v) is 12.3. The molecule has 2 aromatic carbocycles. The first-order valence-corrected chi connectivity index (χ1v) is 6.92. The minimum Gasteiger partial charge on any atom is -0.507 e. The Morgan fingerprint density at radius 2 is 1.77 bits per heavy atom. The first-order chi connectivity index (χ1) is 10.5. The highest BCUT2D eigenvalue weighted by molar-refractivity contribution is 5.78. The van der Waals surface area contributed by atoms with E-state index in [0.29, 0.717) is 16.7 Å². The molecule has 0 saturated carbocycles. The van der Waals surface area contributed by atoms with E-state index in [1.54, 1.807) is 18.2 Å². The highest BCUT2D eigenvalue weighted by Crippen LogP contribution is 2.16. The van der Waals surface area contributed by atoms with E-state index in [-0.39, 0.29) is 11.5 Å². The summed E-state index contributed by atoms with van der Waals surface area (Å²) in [5, 5.41) is 10.2. The fourth-order valence-corrected chi connectivity index (χ4v) is 2.16. The topological polar surface area (TPSA) is 63.3 Å². The van der Waals surface area contributed by atoms with Gasteiger partial charge in [0.25, 0.3) is 0 Å². The van der Waals surface area contributed by atoms with Gasteiger partial charge in [0.05, 0.1) is 0 Å². The number of hydrogen-bond donors (Lipinski definition) is 1. The molecular formula is C18H15NO3. The van der Waals surface area contributed by atoms with Crippen LogP contribution >= 0.6 is 0 Å². The number of aryl methyl sites for hydroxylation is 2. The Hall–Kier alpha value is -2.88. The molecule has 3 rings (SSSR count). The first kappa shape index (κ1) is 14.1. The Balaban J connectivity index is 2.09. The average molecular weight is 293 g/mol. The summed E-state index contributed by atoms with van der Waals surface area (Å²) in [5.74, 6) is -0.0215. The minimum atomic E-state index is -0.574. The van der Waals surface area contributed by atoms with Crippen LogP contribution in [0.25, 0.3) is 22.9 Å². The Bertz CT molecular complexity index is 921. The molecule has 4 heteroatoms. The van der Waals surface area contributed by atoms with Crippen molar-refractivity contribution in [1.82, 2.24) is 4.98 Å². The summed E-state index contributed by atoms with van der Waals surface area (Å²) in [5.41, 5.74) is 3.26. The van der Waals surface area contributed by atoms with Crippen LogP contribution in [0.15, 0.2) is 51.7 Å². The maximum Gasteiger partial charge on any atom is 0.362 e. The van der Waals surface area contributed by atoms with Crippen molar-refractivity contribution in [2.75, 3.05) is 0 Å². The van der Waals surface area contributed by atoms with Gasteiger partial charge >= 0.3 is 5.63 Å². The molecule has 0 aliphatic carbocycles. The molecule has 4 nitrogen and oxygen atoms in total. The standard InChI is InChI=1S/C18H15NO3/c1-11-3-6-13(7-4-11)16(20)10-15-18(21)22-17-8-5-12(2)9-14(17)19-15/h3-10,20H,1-2H3/b16-10-. The molecule has 1 heterocycles. The van der Waals surface area contributed by atoms with Crippen LogP contribution in [-0.2, 0) is 0 Å². The smallest absolute Gasteiger partial charge is 0.362 e. The predicted octanol–water partition coefficient (Wildman–Crippen LogP) is 3.86. The lowest BCUT2D eigenvalue weighted by Gasteiger charge is -2.02. The summed E-state index contributed by atoms with van der Waals surface area (Å²) in [6, 6.07) is 12.7.